The molecule has 3 atom stereocenters. The van der Waals surface area contributed by atoms with Gasteiger partial charge in [0.1, 0.15) is 0 Å². The van der Waals surface area contributed by atoms with E-state index in [1.807, 2.05) is 0 Å². The van der Waals surface area contributed by atoms with Crippen LogP contribution in [0, 0.1) is 5.92 Å². The van der Waals surface area contributed by atoms with Gasteiger partial charge in [0, 0.05) is 18.6 Å². The van der Waals surface area contributed by atoms with Crippen molar-refractivity contribution in [2.75, 3.05) is 20.1 Å². The molecule has 1 aliphatic heterocycles. The van der Waals surface area contributed by atoms with E-state index in [-0.39, 0.29) is 0 Å². The fraction of sp³-hybridized carbons (Fsp3) is 1.00. The molecule has 0 amide bonds. The van der Waals surface area contributed by atoms with Crippen LogP contribution in [-0.4, -0.2) is 37.1 Å². The zero-order valence-electron chi connectivity index (χ0n) is 12.5. The number of hydrogen-bond donors (Lipinski definition) is 1. The van der Waals surface area contributed by atoms with Gasteiger partial charge < -0.3 is 10.2 Å². The van der Waals surface area contributed by atoms with Crippen LogP contribution < -0.4 is 5.32 Å². The van der Waals surface area contributed by atoms with E-state index in [4.69, 9.17) is 0 Å². The molecule has 2 aliphatic rings. The SMILES string of the molecule is CCCCCN(C)CC1CCC2CCCCC2N1. The number of hydrogen-bond acceptors (Lipinski definition) is 2. The molecule has 2 rings (SSSR count). The van der Waals surface area contributed by atoms with Crippen LogP contribution in [0.5, 0.6) is 0 Å². The quantitative estimate of drug-likeness (QED) is 0.729. The van der Waals surface area contributed by atoms with Crippen molar-refractivity contribution in [1.82, 2.24) is 10.2 Å². The lowest BCUT2D eigenvalue weighted by Crippen LogP contribution is -2.52. The van der Waals surface area contributed by atoms with Crippen molar-refractivity contribution >= 4 is 0 Å². The van der Waals surface area contributed by atoms with Crippen molar-refractivity contribution in [1.29, 1.82) is 0 Å². The van der Waals surface area contributed by atoms with E-state index in [1.54, 1.807) is 0 Å². The predicted molar refractivity (Wildman–Crippen MR) is 78.9 cm³/mol. The van der Waals surface area contributed by atoms with Crippen LogP contribution in [0.4, 0.5) is 0 Å². The fourth-order valence-corrected chi connectivity index (χ4v) is 3.82. The first-order valence-electron chi connectivity index (χ1n) is 8.24. The van der Waals surface area contributed by atoms with E-state index in [0.717, 1.165) is 18.0 Å². The number of fused-ring (bicyclic) bond motifs is 1. The lowest BCUT2D eigenvalue weighted by Gasteiger charge is -2.41. The molecule has 1 aliphatic carbocycles. The standard InChI is InChI=1S/C16H32N2/c1-3-4-7-12-18(2)13-15-11-10-14-8-5-6-9-16(14)17-15/h14-17H,3-13H2,1-2H3. The molecular formula is C16H32N2. The van der Waals surface area contributed by atoms with Gasteiger partial charge in [0.25, 0.3) is 0 Å². The molecule has 1 saturated heterocycles. The molecule has 106 valence electrons. The Hall–Kier alpha value is -0.0800. The second-order valence-corrected chi connectivity index (χ2v) is 6.56. The van der Waals surface area contributed by atoms with Crippen LogP contribution in [-0.2, 0) is 0 Å². The number of nitrogens with zero attached hydrogens (tertiary/aromatic N) is 1. The Kier molecular flexibility index (Phi) is 5.97. The van der Waals surface area contributed by atoms with E-state index in [1.165, 1.54) is 70.9 Å². The van der Waals surface area contributed by atoms with Crippen molar-refractivity contribution < 1.29 is 0 Å². The van der Waals surface area contributed by atoms with Crippen molar-refractivity contribution in [3.8, 4) is 0 Å². The highest BCUT2D eigenvalue weighted by Gasteiger charge is 2.31. The fourth-order valence-electron chi connectivity index (χ4n) is 3.82. The third-order valence-electron chi connectivity index (χ3n) is 4.92. The van der Waals surface area contributed by atoms with Crippen LogP contribution in [0.1, 0.15) is 64.7 Å². The summed E-state index contributed by atoms with van der Waals surface area (Å²) in [6.07, 6.45) is 12.8. The highest BCUT2D eigenvalue weighted by molar-refractivity contribution is 4.90. The minimum Gasteiger partial charge on any atom is -0.310 e. The Balaban J connectivity index is 1.67. The summed E-state index contributed by atoms with van der Waals surface area (Å²) in [5.41, 5.74) is 0. The summed E-state index contributed by atoms with van der Waals surface area (Å²) in [6, 6.07) is 1.61. The zero-order chi connectivity index (χ0) is 12.8. The van der Waals surface area contributed by atoms with Crippen molar-refractivity contribution in [3.63, 3.8) is 0 Å². The minimum atomic E-state index is 0.760. The molecule has 0 aromatic rings. The van der Waals surface area contributed by atoms with E-state index in [0.29, 0.717) is 0 Å². The molecule has 3 unspecified atom stereocenters. The Morgan fingerprint density at radius 3 is 2.72 bits per heavy atom. The lowest BCUT2D eigenvalue weighted by molar-refractivity contribution is 0.152. The van der Waals surface area contributed by atoms with Gasteiger partial charge >= 0.3 is 0 Å². The molecule has 0 radical (unpaired) electrons. The van der Waals surface area contributed by atoms with Crippen molar-refractivity contribution in [2.24, 2.45) is 5.92 Å². The molecule has 0 spiro atoms. The summed E-state index contributed by atoms with van der Waals surface area (Å²) in [5.74, 6) is 1.00. The molecule has 1 heterocycles. The summed E-state index contributed by atoms with van der Waals surface area (Å²) in [6.45, 7) is 4.82. The van der Waals surface area contributed by atoms with Gasteiger partial charge in [-0.3, -0.25) is 0 Å². The first kappa shape index (κ1) is 14.3. The summed E-state index contributed by atoms with van der Waals surface area (Å²) < 4.78 is 0. The maximum atomic E-state index is 3.94. The van der Waals surface area contributed by atoms with Gasteiger partial charge in [-0.1, -0.05) is 32.6 Å². The molecule has 18 heavy (non-hydrogen) atoms. The van der Waals surface area contributed by atoms with Crippen LogP contribution in [0.3, 0.4) is 0 Å². The maximum absolute atomic E-state index is 3.94. The molecule has 1 saturated carbocycles. The number of unbranched alkanes of at least 4 members (excludes halogenated alkanes) is 2. The normalized spacial score (nSPS) is 32.5. The Labute approximate surface area is 114 Å². The van der Waals surface area contributed by atoms with Gasteiger partial charge in [0.15, 0.2) is 0 Å². The summed E-state index contributed by atoms with van der Waals surface area (Å²) in [4.78, 5) is 2.54. The average molecular weight is 252 g/mol. The van der Waals surface area contributed by atoms with Crippen LogP contribution >= 0.6 is 0 Å². The Morgan fingerprint density at radius 2 is 1.89 bits per heavy atom. The van der Waals surface area contributed by atoms with E-state index >= 15 is 0 Å². The second kappa shape index (κ2) is 7.49. The van der Waals surface area contributed by atoms with Crippen LogP contribution in [0.15, 0.2) is 0 Å². The minimum absolute atomic E-state index is 0.760. The van der Waals surface area contributed by atoms with Gasteiger partial charge in [-0.2, -0.15) is 0 Å². The van der Waals surface area contributed by atoms with Gasteiger partial charge in [0.2, 0.25) is 0 Å². The third-order valence-corrected chi connectivity index (χ3v) is 4.92. The highest BCUT2D eigenvalue weighted by atomic mass is 15.1. The molecule has 1 N–H and O–H groups in total. The second-order valence-electron chi connectivity index (χ2n) is 6.56. The van der Waals surface area contributed by atoms with Gasteiger partial charge in [-0.05, 0) is 51.6 Å². The lowest BCUT2D eigenvalue weighted by atomic mass is 9.78. The van der Waals surface area contributed by atoms with E-state index < -0.39 is 0 Å². The van der Waals surface area contributed by atoms with Crippen molar-refractivity contribution in [2.45, 2.75) is 76.8 Å². The highest BCUT2D eigenvalue weighted by Crippen LogP contribution is 2.32. The largest absolute Gasteiger partial charge is 0.310 e. The third kappa shape index (κ3) is 4.24. The molecule has 2 fully saturated rings. The van der Waals surface area contributed by atoms with E-state index in [9.17, 15) is 0 Å². The number of likely N-dealkylation sites (N-methyl/N-ethyl adjacent to an activating group) is 1. The zero-order valence-corrected chi connectivity index (χ0v) is 12.5. The Bertz CT molecular complexity index is 229. The van der Waals surface area contributed by atoms with Gasteiger partial charge in [-0.25, -0.2) is 0 Å². The summed E-state index contributed by atoms with van der Waals surface area (Å²) >= 11 is 0. The van der Waals surface area contributed by atoms with Crippen LogP contribution in [0.25, 0.3) is 0 Å². The summed E-state index contributed by atoms with van der Waals surface area (Å²) in [7, 11) is 2.30. The number of nitrogens with one attached hydrogen (secondary N) is 1. The molecule has 0 aromatic heterocycles. The van der Waals surface area contributed by atoms with Gasteiger partial charge in [-0.15, -0.1) is 0 Å². The number of rotatable bonds is 6. The summed E-state index contributed by atoms with van der Waals surface area (Å²) in [5, 5.41) is 3.94. The topological polar surface area (TPSA) is 15.3 Å². The molecule has 2 nitrogen and oxygen atoms in total. The maximum Gasteiger partial charge on any atom is 0.0197 e. The van der Waals surface area contributed by atoms with Gasteiger partial charge in [0.05, 0.1) is 0 Å². The predicted octanol–water partition coefficient (Wildman–Crippen LogP) is 3.42. The van der Waals surface area contributed by atoms with E-state index in [2.05, 4.69) is 24.2 Å². The smallest absolute Gasteiger partial charge is 0.0197 e. The molecule has 0 aromatic carbocycles. The van der Waals surface area contributed by atoms with Crippen LogP contribution in [0.2, 0.25) is 0 Å². The molecule has 2 heteroatoms. The molecule has 0 bridgehead atoms. The van der Waals surface area contributed by atoms with Crippen molar-refractivity contribution in [3.05, 3.63) is 0 Å². The first-order chi connectivity index (χ1) is 8.79. The first-order valence-corrected chi connectivity index (χ1v) is 8.24. The Morgan fingerprint density at radius 1 is 1.06 bits per heavy atom. The average Bonchev–Trinajstić information content (AvgIpc) is 2.39. The number of piperidine rings is 1. The monoisotopic (exact) mass is 252 g/mol. The molecular weight excluding hydrogens is 220 g/mol.